The molecule has 2 aliphatic rings. The molecule has 0 amide bonds. The highest BCUT2D eigenvalue weighted by Gasteiger charge is 2.52. The molecule has 108 valence electrons. The maximum atomic E-state index is 14.2. The van der Waals surface area contributed by atoms with E-state index in [1.165, 1.54) is 6.42 Å². The van der Waals surface area contributed by atoms with Gasteiger partial charge in [0.2, 0.25) is 0 Å². The van der Waals surface area contributed by atoms with Gasteiger partial charge < -0.3 is 9.31 Å². The molecule has 1 aliphatic heterocycles. The van der Waals surface area contributed by atoms with Crippen molar-refractivity contribution in [3.05, 3.63) is 29.6 Å². The van der Waals surface area contributed by atoms with E-state index >= 15 is 0 Å². The fraction of sp³-hybridized carbons (Fsp3) is 0.625. The molecule has 0 spiro atoms. The summed E-state index contributed by atoms with van der Waals surface area (Å²) in [6.45, 7) is 8.09. The molecule has 1 saturated heterocycles. The average molecular weight is 276 g/mol. The van der Waals surface area contributed by atoms with Gasteiger partial charge in [0.15, 0.2) is 0 Å². The summed E-state index contributed by atoms with van der Waals surface area (Å²) < 4.78 is 26.4. The third-order valence-corrected chi connectivity index (χ3v) is 5.11. The van der Waals surface area contributed by atoms with Crippen molar-refractivity contribution in [3.8, 4) is 0 Å². The third-order valence-electron chi connectivity index (χ3n) is 5.11. The first-order valence-electron chi connectivity index (χ1n) is 7.46. The van der Waals surface area contributed by atoms with Gasteiger partial charge in [-0.1, -0.05) is 18.6 Å². The van der Waals surface area contributed by atoms with Crippen LogP contribution in [0.1, 0.15) is 58.4 Å². The molecule has 1 aromatic rings. The normalized spacial score (nSPS) is 24.8. The first kappa shape index (κ1) is 14.1. The van der Waals surface area contributed by atoms with Gasteiger partial charge in [-0.05, 0) is 63.5 Å². The van der Waals surface area contributed by atoms with Crippen molar-refractivity contribution >= 4 is 12.6 Å². The Morgan fingerprint density at radius 3 is 2.20 bits per heavy atom. The summed E-state index contributed by atoms with van der Waals surface area (Å²) in [6, 6.07) is 5.24. The molecule has 1 heterocycles. The SMILES string of the molecule is CC1(C)OB(c2cccc(F)c2C2CCC2)OC1(C)C. The monoisotopic (exact) mass is 276 g/mol. The van der Waals surface area contributed by atoms with Crippen molar-refractivity contribution in [2.75, 3.05) is 0 Å². The number of hydrogen-bond donors (Lipinski definition) is 0. The lowest BCUT2D eigenvalue weighted by Gasteiger charge is -2.32. The molecule has 0 atom stereocenters. The predicted molar refractivity (Wildman–Crippen MR) is 78.7 cm³/mol. The number of rotatable bonds is 2. The highest BCUT2D eigenvalue weighted by atomic mass is 19.1. The van der Waals surface area contributed by atoms with Crippen LogP contribution < -0.4 is 5.46 Å². The molecule has 1 saturated carbocycles. The van der Waals surface area contributed by atoms with E-state index in [9.17, 15) is 4.39 Å². The Kier molecular flexibility index (Phi) is 3.22. The highest BCUT2D eigenvalue weighted by Crippen LogP contribution is 2.40. The van der Waals surface area contributed by atoms with Crippen molar-refractivity contribution in [2.24, 2.45) is 0 Å². The Balaban J connectivity index is 1.97. The predicted octanol–water partition coefficient (Wildman–Crippen LogP) is 3.39. The smallest absolute Gasteiger partial charge is 0.399 e. The molecule has 0 aromatic heterocycles. The van der Waals surface area contributed by atoms with Gasteiger partial charge >= 0.3 is 7.12 Å². The first-order valence-corrected chi connectivity index (χ1v) is 7.46. The van der Waals surface area contributed by atoms with Crippen LogP contribution in [-0.4, -0.2) is 18.3 Å². The lowest BCUT2D eigenvalue weighted by Crippen LogP contribution is -2.41. The van der Waals surface area contributed by atoms with E-state index in [1.807, 2.05) is 33.8 Å². The van der Waals surface area contributed by atoms with Gasteiger partial charge in [-0.3, -0.25) is 0 Å². The number of hydrogen-bond acceptors (Lipinski definition) is 2. The zero-order valence-corrected chi connectivity index (χ0v) is 12.7. The lowest BCUT2D eigenvalue weighted by molar-refractivity contribution is 0.00578. The summed E-state index contributed by atoms with van der Waals surface area (Å²) in [5, 5.41) is 0. The summed E-state index contributed by atoms with van der Waals surface area (Å²) in [6.07, 6.45) is 3.31. The Morgan fingerprint density at radius 2 is 1.70 bits per heavy atom. The molecule has 1 aliphatic carbocycles. The largest absolute Gasteiger partial charge is 0.495 e. The second kappa shape index (κ2) is 4.57. The van der Waals surface area contributed by atoms with Crippen LogP contribution >= 0.6 is 0 Å². The van der Waals surface area contributed by atoms with E-state index in [0.29, 0.717) is 5.92 Å². The summed E-state index contributed by atoms with van der Waals surface area (Å²) in [7, 11) is -0.466. The van der Waals surface area contributed by atoms with Gasteiger partial charge in [0.05, 0.1) is 11.2 Å². The van der Waals surface area contributed by atoms with Crippen LogP contribution in [0.5, 0.6) is 0 Å². The van der Waals surface area contributed by atoms with Crippen LogP contribution in [-0.2, 0) is 9.31 Å². The minimum absolute atomic E-state index is 0.123. The molecular formula is C16H22BFO2. The van der Waals surface area contributed by atoms with Crippen LogP contribution in [0.15, 0.2) is 18.2 Å². The fourth-order valence-electron chi connectivity index (χ4n) is 2.86. The van der Waals surface area contributed by atoms with Crippen LogP contribution in [0.2, 0.25) is 0 Å². The van der Waals surface area contributed by atoms with E-state index in [4.69, 9.17) is 9.31 Å². The number of benzene rings is 1. The third kappa shape index (κ3) is 2.10. The van der Waals surface area contributed by atoms with Crippen molar-refractivity contribution < 1.29 is 13.7 Å². The Labute approximate surface area is 120 Å². The van der Waals surface area contributed by atoms with Crippen LogP contribution in [0.25, 0.3) is 0 Å². The second-order valence-corrected chi connectivity index (χ2v) is 6.96. The van der Waals surface area contributed by atoms with E-state index in [1.54, 1.807) is 12.1 Å². The molecule has 0 radical (unpaired) electrons. The summed E-state index contributed by atoms with van der Waals surface area (Å²) in [4.78, 5) is 0. The van der Waals surface area contributed by atoms with Gasteiger partial charge in [0, 0.05) is 0 Å². The fourth-order valence-corrected chi connectivity index (χ4v) is 2.86. The van der Waals surface area contributed by atoms with E-state index in [0.717, 1.165) is 23.9 Å². The minimum atomic E-state index is -0.466. The van der Waals surface area contributed by atoms with E-state index < -0.39 is 7.12 Å². The Hall–Kier alpha value is -0.865. The maximum absolute atomic E-state index is 14.2. The van der Waals surface area contributed by atoms with Crippen molar-refractivity contribution in [2.45, 2.75) is 64.1 Å². The maximum Gasteiger partial charge on any atom is 0.495 e. The molecule has 4 heteroatoms. The summed E-state index contributed by atoms with van der Waals surface area (Å²) >= 11 is 0. The number of halogens is 1. The standard InChI is InChI=1S/C16H22BFO2/c1-15(2)16(3,4)20-17(19-15)12-9-6-10-13(18)14(12)11-7-5-8-11/h6,9-11H,5,7-8H2,1-4H3. The first-order chi connectivity index (χ1) is 9.32. The quantitative estimate of drug-likeness (QED) is 0.771. The van der Waals surface area contributed by atoms with Crippen LogP contribution in [0.4, 0.5) is 4.39 Å². The van der Waals surface area contributed by atoms with Crippen LogP contribution in [0.3, 0.4) is 0 Å². The minimum Gasteiger partial charge on any atom is -0.399 e. The molecule has 0 bridgehead atoms. The highest BCUT2D eigenvalue weighted by molar-refractivity contribution is 6.62. The average Bonchev–Trinajstić information content (AvgIpc) is 2.48. The molecule has 0 unspecified atom stereocenters. The van der Waals surface area contributed by atoms with E-state index in [-0.39, 0.29) is 17.0 Å². The van der Waals surface area contributed by atoms with Crippen molar-refractivity contribution in [1.82, 2.24) is 0 Å². The molecule has 1 aromatic carbocycles. The molecule has 3 rings (SSSR count). The Morgan fingerprint density at radius 1 is 1.10 bits per heavy atom. The van der Waals surface area contributed by atoms with Gasteiger partial charge in [-0.2, -0.15) is 0 Å². The Bertz CT molecular complexity index is 507. The zero-order chi connectivity index (χ0) is 14.5. The van der Waals surface area contributed by atoms with Gasteiger partial charge in [0.1, 0.15) is 5.82 Å². The van der Waals surface area contributed by atoms with Crippen molar-refractivity contribution in [3.63, 3.8) is 0 Å². The zero-order valence-electron chi connectivity index (χ0n) is 12.7. The van der Waals surface area contributed by atoms with Gasteiger partial charge in [-0.15, -0.1) is 0 Å². The molecule has 20 heavy (non-hydrogen) atoms. The summed E-state index contributed by atoms with van der Waals surface area (Å²) in [5.41, 5.74) is 0.896. The van der Waals surface area contributed by atoms with E-state index in [2.05, 4.69) is 0 Å². The molecule has 2 fully saturated rings. The lowest BCUT2D eigenvalue weighted by atomic mass is 9.68. The van der Waals surface area contributed by atoms with Gasteiger partial charge in [0.25, 0.3) is 0 Å². The molecular weight excluding hydrogens is 254 g/mol. The van der Waals surface area contributed by atoms with Crippen molar-refractivity contribution in [1.29, 1.82) is 0 Å². The van der Waals surface area contributed by atoms with Crippen LogP contribution in [0, 0.1) is 5.82 Å². The topological polar surface area (TPSA) is 18.5 Å². The molecule has 0 N–H and O–H groups in total. The van der Waals surface area contributed by atoms with Gasteiger partial charge in [-0.25, -0.2) is 4.39 Å². The molecule has 2 nitrogen and oxygen atoms in total. The second-order valence-electron chi connectivity index (χ2n) is 6.96. The summed E-state index contributed by atoms with van der Waals surface area (Å²) in [5.74, 6) is 0.201.